The standard InChI is InChI=1S/C27H34N2O/c1-4-25(21-12-8-6-9-13-21)28-18-23-16-20(3)17-24(27(23)30)19-29-26(5-2)22-14-10-7-11-15-22/h6-17,25-26,28-30H,4-5,18-19H2,1-3H3/t25-,26+. The number of aryl methyl sites for hydroxylation is 1. The molecule has 0 fully saturated rings. The van der Waals surface area contributed by atoms with Gasteiger partial charge in [-0.1, -0.05) is 92.2 Å². The number of phenols is 1. The summed E-state index contributed by atoms with van der Waals surface area (Å²) in [4.78, 5) is 0. The first kappa shape index (κ1) is 22.1. The lowest BCUT2D eigenvalue weighted by molar-refractivity contribution is 0.439. The van der Waals surface area contributed by atoms with Gasteiger partial charge < -0.3 is 15.7 Å². The van der Waals surface area contributed by atoms with E-state index >= 15 is 0 Å². The molecule has 0 aliphatic carbocycles. The Bertz CT molecular complexity index is 836. The molecule has 3 rings (SSSR count). The van der Waals surface area contributed by atoms with Gasteiger partial charge in [-0.25, -0.2) is 0 Å². The van der Waals surface area contributed by atoms with E-state index in [1.807, 2.05) is 12.1 Å². The second-order valence-corrected chi connectivity index (χ2v) is 7.94. The first-order valence-corrected chi connectivity index (χ1v) is 11.0. The average Bonchev–Trinajstić information content (AvgIpc) is 2.78. The summed E-state index contributed by atoms with van der Waals surface area (Å²) in [5.41, 5.74) is 5.63. The molecule has 3 nitrogen and oxygen atoms in total. The van der Waals surface area contributed by atoms with Gasteiger partial charge in [-0.05, 0) is 30.9 Å². The van der Waals surface area contributed by atoms with Crippen LogP contribution in [0.15, 0.2) is 72.8 Å². The van der Waals surface area contributed by atoms with Crippen molar-refractivity contribution in [3.05, 3.63) is 101 Å². The van der Waals surface area contributed by atoms with Crippen molar-refractivity contribution < 1.29 is 5.11 Å². The van der Waals surface area contributed by atoms with Crippen LogP contribution in [-0.4, -0.2) is 5.11 Å². The fourth-order valence-corrected chi connectivity index (χ4v) is 4.04. The molecular weight excluding hydrogens is 368 g/mol. The molecule has 0 unspecified atom stereocenters. The second-order valence-electron chi connectivity index (χ2n) is 7.94. The lowest BCUT2D eigenvalue weighted by atomic mass is 10.0. The Morgan fingerprint density at radius 3 is 1.47 bits per heavy atom. The van der Waals surface area contributed by atoms with Gasteiger partial charge in [-0.3, -0.25) is 0 Å². The third kappa shape index (κ3) is 5.71. The zero-order valence-electron chi connectivity index (χ0n) is 18.4. The molecule has 0 amide bonds. The van der Waals surface area contributed by atoms with Gasteiger partial charge in [0.15, 0.2) is 0 Å². The van der Waals surface area contributed by atoms with Gasteiger partial charge in [-0.15, -0.1) is 0 Å². The highest BCUT2D eigenvalue weighted by Crippen LogP contribution is 2.27. The first-order chi connectivity index (χ1) is 14.6. The SMILES string of the molecule is CC[C@H](NCc1cc(C)cc(CN[C@H](CC)c2ccccc2)c1O)c1ccccc1. The molecule has 30 heavy (non-hydrogen) atoms. The Morgan fingerprint density at radius 1 is 0.700 bits per heavy atom. The number of hydrogen-bond donors (Lipinski definition) is 3. The zero-order chi connectivity index (χ0) is 21.3. The van der Waals surface area contributed by atoms with Crippen LogP contribution in [0.25, 0.3) is 0 Å². The lowest BCUT2D eigenvalue weighted by Crippen LogP contribution is -2.22. The minimum atomic E-state index is 0.273. The minimum absolute atomic E-state index is 0.273. The minimum Gasteiger partial charge on any atom is -0.507 e. The van der Waals surface area contributed by atoms with Gasteiger partial charge in [0.25, 0.3) is 0 Å². The van der Waals surface area contributed by atoms with Crippen molar-refractivity contribution in [2.24, 2.45) is 0 Å². The van der Waals surface area contributed by atoms with Crippen LogP contribution in [0, 0.1) is 6.92 Å². The molecule has 3 aromatic carbocycles. The maximum absolute atomic E-state index is 10.9. The maximum atomic E-state index is 10.9. The summed E-state index contributed by atoms with van der Waals surface area (Å²) in [5.74, 6) is 0.395. The molecule has 158 valence electrons. The molecule has 3 aromatic rings. The van der Waals surface area contributed by atoms with E-state index in [-0.39, 0.29) is 12.1 Å². The molecule has 0 spiro atoms. The highest BCUT2D eigenvalue weighted by atomic mass is 16.3. The van der Waals surface area contributed by atoms with Crippen molar-refractivity contribution in [2.45, 2.75) is 58.8 Å². The number of hydrogen-bond acceptors (Lipinski definition) is 3. The van der Waals surface area contributed by atoms with E-state index in [0.29, 0.717) is 18.8 Å². The van der Waals surface area contributed by atoms with Gasteiger partial charge >= 0.3 is 0 Å². The van der Waals surface area contributed by atoms with E-state index < -0.39 is 0 Å². The molecule has 3 N–H and O–H groups in total. The summed E-state index contributed by atoms with van der Waals surface area (Å²) < 4.78 is 0. The summed E-state index contributed by atoms with van der Waals surface area (Å²) in [7, 11) is 0. The molecule has 0 aliphatic heterocycles. The Kier molecular flexibility index (Phi) is 8.06. The zero-order valence-corrected chi connectivity index (χ0v) is 18.4. The molecule has 0 aromatic heterocycles. The fourth-order valence-electron chi connectivity index (χ4n) is 4.04. The van der Waals surface area contributed by atoms with Crippen LogP contribution in [0.2, 0.25) is 0 Å². The topological polar surface area (TPSA) is 44.3 Å². The monoisotopic (exact) mass is 402 g/mol. The predicted octanol–water partition coefficient (Wildman–Crippen LogP) is 6.18. The Morgan fingerprint density at radius 2 is 1.10 bits per heavy atom. The van der Waals surface area contributed by atoms with Gasteiger partial charge in [-0.2, -0.15) is 0 Å². The van der Waals surface area contributed by atoms with Crippen molar-refractivity contribution in [3.63, 3.8) is 0 Å². The van der Waals surface area contributed by atoms with E-state index in [2.05, 4.69) is 92.1 Å². The van der Waals surface area contributed by atoms with Gasteiger partial charge in [0.1, 0.15) is 5.75 Å². The molecule has 0 bridgehead atoms. The van der Waals surface area contributed by atoms with Crippen LogP contribution in [0.5, 0.6) is 5.75 Å². The van der Waals surface area contributed by atoms with Gasteiger partial charge in [0.05, 0.1) is 0 Å². The molecule has 0 saturated carbocycles. The largest absolute Gasteiger partial charge is 0.507 e. The summed E-state index contributed by atoms with van der Waals surface area (Å²) in [5, 5.41) is 18.2. The quantitative estimate of drug-likeness (QED) is 0.379. The summed E-state index contributed by atoms with van der Waals surface area (Å²) in [6.07, 6.45) is 2.00. The Hall–Kier alpha value is -2.62. The number of nitrogens with one attached hydrogen (secondary N) is 2. The van der Waals surface area contributed by atoms with Crippen LogP contribution in [-0.2, 0) is 13.1 Å². The maximum Gasteiger partial charge on any atom is 0.124 e. The molecule has 0 saturated heterocycles. The number of phenolic OH excluding ortho intramolecular Hbond substituents is 1. The Balaban J connectivity index is 1.70. The van der Waals surface area contributed by atoms with Crippen LogP contribution in [0.3, 0.4) is 0 Å². The first-order valence-electron chi connectivity index (χ1n) is 11.0. The third-order valence-electron chi connectivity index (χ3n) is 5.71. The Labute approximate surface area is 181 Å². The van der Waals surface area contributed by atoms with Crippen molar-refractivity contribution in [3.8, 4) is 5.75 Å². The second kappa shape index (κ2) is 11.0. The van der Waals surface area contributed by atoms with E-state index in [1.165, 1.54) is 16.7 Å². The molecule has 3 heteroatoms. The molecule has 0 heterocycles. The van der Waals surface area contributed by atoms with Crippen molar-refractivity contribution >= 4 is 0 Å². The average molecular weight is 403 g/mol. The van der Waals surface area contributed by atoms with Crippen molar-refractivity contribution in [1.29, 1.82) is 0 Å². The smallest absolute Gasteiger partial charge is 0.124 e. The molecule has 0 radical (unpaired) electrons. The normalized spacial score (nSPS) is 13.2. The number of aromatic hydroxyl groups is 1. The van der Waals surface area contributed by atoms with Crippen LogP contribution >= 0.6 is 0 Å². The highest BCUT2D eigenvalue weighted by Gasteiger charge is 2.14. The van der Waals surface area contributed by atoms with Gasteiger partial charge in [0.2, 0.25) is 0 Å². The summed E-state index contributed by atoms with van der Waals surface area (Å²) in [6, 6.07) is 25.7. The van der Waals surface area contributed by atoms with E-state index in [0.717, 1.165) is 24.0 Å². The third-order valence-corrected chi connectivity index (χ3v) is 5.71. The number of rotatable bonds is 10. The van der Waals surface area contributed by atoms with Gasteiger partial charge in [0, 0.05) is 36.3 Å². The van der Waals surface area contributed by atoms with E-state index in [1.54, 1.807) is 0 Å². The van der Waals surface area contributed by atoms with Crippen molar-refractivity contribution in [2.75, 3.05) is 0 Å². The van der Waals surface area contributed by atoms with Crippen LogP contribution < -0.4 is 10.6 Å². The fraction of sp³-hybridized carbons (Fsp3) is 0.333. The van der Waals surface area contributed by atoms with E-state index in [4.69, 9.17) is 0 Å². The highest BCUT2D eigenvalue weighted by molar-refractivity contribution is 5.43. The van der Waals surface area contributed by atoms with Crippen molar-refractivity contribution in [1.82, 2.24) is 10.6 Å². The molecule has 2 atom stereocenters. The van der Waals surface area contributed by atoms with Crippen LogP contribution in [0.1, 0.15) is 66.6 Å². The molecule has 0 aliphatic rings. The van der Waals surface area contributed by atoms with E-state index in [9.17, 15) is 5.11 Å². The molecular formula is C27H34N2O. The summed E-state index contributed by atoms with van der Waals surface area (Å²) >= 11 is 0. The van der Waals surface area contributed by atoms with Crippen LogP contribution in [0.4, 0.5) is 0 Å². The predicted molar refractivity (Wildman–Crippen MR) is 125 cm³/mol. The lowest BCUT2D eigenvalue weighted by Gasteiger charge is -2.21. The summed E-state index contributed by atoms with van der Waals surface area (Å²) in [6.45, 7) is 7.75. The number of benzene rings is 3.